The molecule has 10 heteroatoms. The van der Waals surface area contributed by atoms with Crippen molar-refractivity contribution in [2.45, 2.75) is 20.4 Å². The molecule has 1 aliphatic rings. The molecule has 1 fully saturated rings. The monoisotopic (exact) mass is 554 g/mol. The van der Waals surface area contributed by atoms with Crippen molar-refractivity contribution in [2.75, 3.05) is 18.5 Å². The van der Waals surface area contributed by atoms with Crippen LogP contribution >= 0.6 is 23.4 Å². The third-order valence-electron chi connectivity index (χ3n) is 5.44. The Morgan fingerprint density at radius 3 is 2.63 bits per heavy atom. The molecule has 0 radical (unpaired) electrons. The van der Waals surface area contributed by atoms with E-state index in [9.17, 15) is 18.8 Å². The van der Waals surface area contributed by atoms with Crippen molar-refractivity contribution in [3.63, 3.8) is 0 Å². The van der Waals surface area contributed by atoms with Crippen molar-refractivity contribution in [1.82, 2.24) is 4.90 Å². The third-order valence-corrected chi connectivity index (χ3v) is 6.70. The first kappa shape index (κ1) is 27.2. The van der Waals surface area contributed by atoms with E-state index in [0.29, 0.717) is 34.9 Å². The summed E-state index contributed by atoms with van der Waals surface area (Å²) in [5.74, 6) is -0.551. The molecule has 0 aromatic heterocycles. The zero-order chi connectivity index (χ0) is 27.2. The van der Waals surface area contributed by atoms with Crippen molar-refractivity contribution in [3.8, 4) is 11.5 Å². The number of hydrogen-bond acceptors (Lipinski definition) is 6. The first-order valence-corrected chi connectivity index (χ1v) is 12.9. The second-order valence-electron chi connectivity index (χ2n) is 8.35. The zero-order valence-corrected chi connectivity index (χ0v) is 22.2. The Morgan fingerprint density at radius 2 is 1.89 bits per heavy atom. The van der Waals surface area contributed by atoms with E-state index >= 15 is 0 Å². The maximum absolute atomic E-state index is 13.3. The van der Waals surface area contributed by atoms with Crippen molar-refractivity contribution in [3.05, 3.63) is 93.1 Å². The topological polar surface area (TPSA) is 84.9 Å². The number of carbonyl (C=O) groups excluding carboxylic acids is 3. The maximum atomic E-state index is 13.3. The largest absolute Gasteiger partial charge is 0.490 e. The van der Waals surface area contributed by atoms with Gasteiger partial charge in [0.25, 0.3) is 17.1 Å². The van der Waals surface area contributed by atoms with Crippen LogP contribution in [0.4, 0.5) is 14.9 Å². The van der Waals surface area contributed by atoms with E-state index in [1.54, 1.807) is 30.3 Å². The van der Waals surface area contributed by atoms with E-state index in [4.69, 9.17) is 21.1 Å². The van der Waals surface area contributed by atoms with Crippen LogP contribution in [0.15, 0.2) is 65.6 Å². The van der Waals surface area contributed by atoms with Gasteiger partial charge in [0.1, 0.15) is 5.82 Å². The highest BCUT2D eigenvalue weighted by atomic mass is 35.5. The van der Waals surface area contributed by atoms with Crippen molar-refractivity contribution >= 4 is 52.2 Å². The van der Waals surface area contributed by atoms with Crippen LogP contribution in [0.1, 0.15) is 23.6 Å². The lowest BCUT2D eigenvalue weighted by Crippen LogP contribution is -2.27. The van der Waals surface area contributed by atoms with Crippen LogP contribution in [0.25, 0.3) is 6.08 Å². The average molecular weight is 555 g/mol. The number of amides is 3. The molecule has 38 heavy (non-hydrogen) atoms. The van der Waals surface area contributed by atoms with E-state index in [1.165, 1.54) is 12.1 Å². The fourth-order valence-electron chi connectivity index (χ4n) is 3.67. The lowest BCUT2D eigenvalue weighted by molar-refractivity contribution is -0.123. The average Bonchev–Trinajstić information content (AvgIpc) is 3.12. The Hall–Kier alpha value is -3.82. The molecule has 0 bridgehead atoms. The highest BCUT2D eigenvalue weighted by molar-refractivity contribution is 8.18. The fraction of sp³-hybridized carbons (Fsp3) is 0.179. The van der Waals surface area contributed by atoms with Gasteiger partial charge in [-0.15, -0.1) is 0 Å². The van der Waals surface area contributed by atoms with Crippen molar-refractivity contribution < 1.29 is 28.2 Å². The molecule has 0 spiro atoms. The molecule has 0 atom stereocenters. The third kappa shape index (κ3) is 6.73. The predicted octanol–water partition coefficient (Wildman–Crippen LogP) is 6.44. The summed E-state index contributed by atoms with van der Waals surface area (Å²) in [4.78, 5) is 39.1. The number of anilines is 1. The Labute approximate surface area is 228 Å². The smallest absolute Gasteiger partial charge is 0.293 e. The van der Waals surface area contributed by atoms with Crippen LogP contribution in [0.3, 0.4) is 0 Å². The first-order valence-electron chi connectivity index (χ1n) is 11.7. The summed E-state index contributed by atoms with van der Waals surface area (Å²) in [5.41, 5.74) is 2.77. The van der Waals surface area contributed by atoms with Crippen LogP contribution in [0.5, 0.6) is 11.5 Å². The number of aryl methyl sites for hydroxylation is 1. The number of halogens is 2. The maximum Gasteiger partial charge on any atom is 0.293 e. The second kappa shape index (κ2) is 12.1. The minimum absolute atomic E-state index is 0.0668. The van der Waals surface area contributed by atoms with Gasteiger partial charge >= 0.3 is 0 Å². The zero-order valence-electron chi connectivity index (χ0n) is 20.6. The van der Waals surface area contributed by atoms with E-state index < -0.39 is 17.0 Å². The normalized spacial score (nSPS) is 14.2. The highest BCUT2D eigenvalue weighted by Gasteiger charge is 2.35. The first-order chi connectivity index (χ1) is 18.2. The number of thioether (sulfide) groups is 1. The molecular formula is C28H24ClFN2O5S. The summed E-state index contributed by atoms with van der Waals surface area (Å²) in [7, 11) is 0. The minimum atomic E-state index is -0.503. The Bertz CT molecular complexity index is 1430. The van der Waals surface area contributed by atoms with Crippen LogP contribution in [0.2, 0.25) is 5.02 Å². The van der Waals surface area contributed by atoms with Crippen LogP contribution < -0.4 is 14.8 Å². The molecule has 1 saturated heterocycles. The fourth-order valence-corrected chi connectivity index (χ4v) is 4.74. The number of benzene rings is 3. The van der Waals surface area contributed by atoms with Gasteiger partial charge in [-0.1, -0.05) is 35.9 Å². The standard InChI is InChI=1S/C28H24ClFN2O5S/c1-3-36-24-12-18(7-10-23(24)37-16-26(33)31-21-6-4-5-17(2)11-21)13-25-27(34)32(28(35)38-25)15-19-8-9-20(30)14-22(19)29/h4-14H,3,15-16H2,1-2H3,(H,31,33)/b25-13+. The van der Waals surface area contributed by atoms with E-state index in [0.717, 1.165) is 28.3 Å². The van der Waals surface area contributed by atoms with Gasteiger partial charge in [0.2, 0.25) is 0 Å². The number of nitrogens with one attached hydrogen (secondary N) is 1. The van der Waals surface area contributed by atoms with Gasteiger partial charge in [-0.3, -0.25) is 19.3 Å². The number of hydrogen-bond donors (Lipinski definition) is 1. The van der Waals surface area contributed by atoms with Crippen molar-refractivity contribution in [1.29, 1.82) is 0 Å². The van der Waals surface area contributed by atoms with Gasteiger partial charge in [-0.2, -0.15) is 0 Å². The number of imide groups is 1. The Balaban J connectivity index is 1.45. The van der Waals surface area contributed by atoms with Crippen LogP contribution in [0, 0.1) is 12.7 Å². The molecule has 0 aliphatic carbocycles. The molecule has 3 aromatic carbocycles. The SMILES string of the molecule is CCOc1cc(/C=C2/SC(=O)N(Cc3ccc(F)cc3Cl)C2=O)ccc1OCC(=O)Nc1cccc(C)c1. The summed E-state index contributed by atoms with van der Waals surface area (Å²) in [6.45, 7) is 3.81. The summed E-state index contributed by atoms with van der Waals surface area (Å²) < 4.78 is 24.7. The summed E-state index contributed by atoms with van der Waals surface area (Å²) in [5, 5.41) is 2.47. The predicted molar refractivity (Wildman–Crippen MR) is 146 cm³/mol. The van der Waals surface area contributed by atoms with Crippen LogP contribution in [-0.2, 0) is 16.1 Å². The van der Waals surface area contributed by atoms with Crippen molar-refractivity contribution in [2.24, 2.45) is 0 Å². The number of carbonyl (C=O) groups is 3. The van der Waals surface area contributed by atoms with Gasteiger partial charge in [-0.05, 0) is 84.8 Å². The molecule has 1 N–H and O–H groups in total. The van der Waals surface area contributed by atoms with Gasteiger partial charge in [0.15, 0.2) is 18.1 Å². The van der Waals surface area contributed by atoms with Gasteiger partial charge in [-0.25, -0.2) is 4.39 Å². The summed E-state index contributed by atoms with van der Waals surface area (Å²) >= 11 is 6.86. The highest BCUT2D eigenvalue weighted by Crippen LogP contribution is 2.36. The van der Waals surface area contributed by atoms with E-state index in [1.807, 2.05) is 32.0 Å². The Kier molecular flexibility index (Phi) is 8.70. The van der Waals surface area contributed by atoms with Gasteiger partial charge < -0.3 is 14.8 Å². The quantitative estimate of drug-likeness (QED) is 0.306. The molecule has 0 unspecified atom stereocenters. The van der Waals surface area contributed by atoms with E-state index in [-0.39, 0.29) is 29.0 Å². The Morgan fingerprint density at radius 1 is 1.08 bits per heavy atom. The molecule has 1 aliphatic heterocycles. The van der Waals surface area contributed by atoms with E-state index in [2.05, 4.69) is 5.32 Å². The molecule has 4 rings (SSSR count). The molecule has 1 heterocycles. The minimum Gasteiger partial charge on any atom is -0.490 e. The summed E-state index contributed by atoms with van der Waals surface area (Å²) in [6.07, 6.45) is 1.58. The van der Waals surface area contributed by atoms with Gasteiger partial charge in [0.05, 0.1) is 18.1 Å². The molecule has 3 aromatic rings. The van der Waals surface area contributed by atoms with Gasteiger partial charge in [0, 0.05) is 10.7 Å². The lowest BCUT2D eigenvalue weighted by atomic mass is 10.1. The number of ether oxygens (including phenoxy) is 2. The number of nitrogens with zero attached hydrogens (tertiary/aromatic N) is 1. The number of rotatable bonds is 9. The molecule has 7 nitrogen and oxygen atoms in total. The second-order valence-corrected chi connectivity index (χ2v) is 9.75. The van der Waals surface area contributed by atoms with Crippen LogP contribution in [-0.4, -0.2) is 35.2 Å². The molecule has 196 valence electrons. The molecule has 3 amide bonds. The molecular weight excluding hydrogens is 531 g/mol. The summed E-state index contributed by atoms with van der Waals surface area (Å²) in [6, 6.07) is 16.2. The molecule has 0 saturated carbocycles. The lowest BCUT2D eigenvalue weighted by Gasteiger charge is -2.14.